The van der Waals surface area contributed by atoms with Gasteiger partial charge in [-0.05, 0) is 36.8 Å². The summed E-state index contributed by atoms with van der Waals surface area (Å²) in [6, 6.07) is 14.6. The summed E-state index contributed by atoms with van der Waals surface area (Å²) in [5.74, 6) is 1.16. The number of aryl methyl sites for hydroxylation is 2. The Morgan fingerprint density at radius 3 is 2.88 bits per heavy atom. The SMILES string of the molecule is COc1cc(C)ccc1CN1CCOC(c2cc(CCOc3cccc(F)c3)n(C)n2)C1. The Bertz CT molecular complexity index is 1050. The van der Waals surface area contributed by atoms with E-state index in [0.717, 1.165) is 36.8 Å². The predicted octanol–water partition coefficient (Wildman–Crippen LogP) is 4.07. The van der Waals surface area contributed by atoms with Crippen molar-refractivity contribution >= 4 is 0 Å². The highest BCUT2D eigenvalue weighted by Gasteiger charge is 2.25. The monoisotopic (exact) mass is 439 g/mol. The van der Waals surface area contributed by atoms with Crippen molar-refractivity contribution in [2.24, 2.45) is 7.05 Å². The summed E-state index contributed by atoms with van der Waals surface area (Å²) in [5, 5.41) is 4.69. The van der Waals surface area contributed by atoms with Crippen molar-refractivity contribution in [3.05, 3.63) is 76.9 Å². The average molecular weight is 440 g/mol. The summed E-state index contributed by atoms with van der Waals surface area (Å²) in [4.78, 5) is 2.38. The van der Waals surface area contributed by atoms with E-state index in [0.29, 0.717) is 25.4 Å². The Hall–Kier alpha value is -2.90. The summed E-state index contributed by atoms with van der Waals surface area (Å²) >= 11 is 0. The van der Waals surface area contributed by atoms with E-state index in [4.69, 9.17) is 14.2 Å². The maximum absolute atomic E-state index is 13.3. The first-order valence-corrected chi connectivity index (χ1v) is 10.9. The second kappa shape index (κ2) is 10.1. The van der Waals surface area contributed by atoms with Gasteiger partial charge in [0, 0.05) is 50.4 Å². The van der Waals surface area contributed by atoms with Crippen LogP contribution in [0.3, 0.4) is 0 Å². The zero-order valence-electron chi connectivity index (χ0n) is 18.9. The van der Waals surface area contributed by atoms with Gasteiger partial charge in [0.15, 0.2) is 0 Å². The predicted molar refractivity (Wildman–Crippen MR) is 121 cm³/mol. The van der Waals surface area contributed by atoms with Crippen LogP contribution in [0.5, 0.6) is 11.5 Å². The standard InChI is InChI=1S/C25H30FN3O3/c1-18-7-8-19(24(13-18)30-3)16-29-10-12-32-25(17-29)23-15-21(28(2)27-23)9-11-31-22-6-4-5-20(26)14-22/h4-8,13-15,25H,9-12,16-17H2,1-3H3. The molecule has 2 aromatic carbocycles. The van der Waals surface area contributed by atoms with Gasteiger partial charge in [-0.15, -0.1) is 0 Å². The number of methoxy groups -OCH3 is 1. The maximum Gasteiger partial charge on any atom is 0.126 e. The quantitative estimate of drug-likeness (QED) is 0.530. The highest BCUT2D eigenvalue weighted by molar-refractivity contribution is 5.37. The van der Waals surface area contributed by atoms with Crippen LogP contribution in [0.4, 0.5) is 4.39 Å². The first kappa shape index (κ1) is 22.3. The third-order valence-electron chi connectivity index (χ3n) is 5.74. The van der Waals surface area contributed by atoms with Crippen LogP contribution in [0.15, 0.2) is 48.5 Å². The van der Waals surface area contributed by atoms with E-state index in [9.17, 15) is 4.39 Å². The molecular formula is C25H30FN3O3. The number of hydrogen-bond donors (Lipinski definition) is 0. The van der Waals surface area contributed by atoms with Crippen molar-refractivity contribution in [1.82, 2.24) is 14.7 Å². The number of hydrogen-bond acceptors (Lipinski definition) is 5. The molecule has 1 aliphatic heterocycles. The number of nitrogens with zero attached hydrogens (tertiary/aromatic N) is 3. The number of ether oxygens (including phenoxy) is 3. The lowest BCUT2D eigenvalue weighted by Crippen LogP contribution is -2.38. The van der Waals surface area contributed by atoms with Gasteiger partial charge in [-0.3, -0.25) is 9.58 Å². The topological polar surface area (TPSA) is 48.8 Å². The molecule has 32 heavy (non-hydrogen) atoms. The van der Waals surface area contributed by atoms with Crippen molar-refractivity contribution in [2.45, 2.75) is 26.0 Å². The molecule has 4 rings (SSSR count). The minimum absolute atomic E-state index is 0.0794. The highest BCUT2D eigenvalue weighted by atomic mass is 19.1. The molecule has 0 spiro atoms. The number of morpholine rings is 1. The van der Waals surface area contributed by atoms with Gasteiger partial charge in [0.1, 0.15) is 23.4 Å². The smallest absolute Gasteiger partial charge is 0.126 e. The number of rotatable bonds is 8. The molecule has 0 N–H and O–H groups in total. The molecule has 1 unspecified atom stereocenters. The Balaban J connectivity index is 1.36. The molecule has 0 amide bonds. The van der Waals surface area contributed by atoms with Gasteiger partial charge in [-0.2, -0.15) is 5.10 Å². The van der Waals surface area contributed by atoms with E-state index in [2.05, 4.69) is 41.2 Å². The molecule has 2 heterocycles. The second-order valence-electron chi connectivity index (χ2n) is 8.15. The average Bonchev–Trinajstić information content (AvgIpc) is 3.16. The molecule has 1 fully saturated rings. The van der Waals surface area contributed by atoms with Crippen molar-refractivity contribution < 1.29 is 18.6 Å². The second-order valence-corrected chi connectivity index (χ2v) is 8.15. The molecule has 170 valence electrons. The van der Waals surface area contributed by atoms with Gasteiger partial charge in [-0.1, -0.05) is 18.2 Å². The molecule has 1 atom stereocenters. The molecular weight excluding hydrogens is 409 g/mol. The molecule has 7 heteroatoms. The van der Waals surface area contributed by atoms with Crippen LogP contribution in [-0.2, 0) is 24.8 Å². The van der Waals surface area contributed by atoms with Crippen molar-refractivity contribution in [2.75, 3.05) is 33.4 Å². The summed E-state index contributed by atoms with van der Waals surface area (Å²) in [7, 11) is 3.65. The van der Waals surface area contributed by atoms with Crippen LogP contribution in [0.25, 0.3) is 0 Å². The van der Waals surface area contributed by atoms with Crippen molar-refractivity contribution in [3.63, 3.8) is 0 Å². The fourth-order valence-electron chi connectivity index (χ4n) is 4.00. The van der Waals surface area contributed by atoms with Crippen molar-refractivity contribution in [3.8, 4) is 11.5 Å². The number of aromatic nitrogens is 2. The first-order chi connectivity index (χ1) is 15.5. The Morgan fingerprint density at radius 1 is 1.19 bits per heavy atom. The van der Waals surface area contributed by atoms with Crippen LogP contribution in [0.1, 0.15) is 28.6 Å². The maximum atomic E-state index is 13.3. The van der Waals surface area contributed by atoms with Gasteiger partial charge in [-0.25, -0.2) is 4.39 Å². The molecule has 1 aliphatic rings. The highest BCUT2D eigenvalue weighted by Crippen LogP contribution is 2.26. The minimum Gasteiger partial charge on any atom is -0.496 e. The minimum atomic E-state index is -0.299. The van der Waals surface area contributed by atoms with Crippen LogP contribution in [0, 0.1) is 12.7 Å². The van der Waals surface area contributed by atoms with Crippen LogP contribution >= 0.6 is 0 Å². The zero-order valence-corrected chi connectivity index (χ0v) is 18.9. The number of benzene rings is 2. The zero-order chi connectivity index (χ0) is 22.5. The normalized spacial score (nSPS) is 16.8. The fourth-order valence-corrected chi connectivity index (χ4v) is 4.00. The van der Waals surface area contributed by atoms with Gasteiger partial charge < -0.3 is 14.2 Å². The molecule has 6 nitrogen and oxygen atoms in total. The van der Waals surface area contributed by atoms with E-state index >= 15 is 0 Å². The van der Waals surface area contributed by atoms with E-state index in [-0.39, 0.29) is 11.9 Å². The van der Waals surface area contributed by atoms with E-state index in [1.54, 1.807) is 19.2 Å². The van der Waals surface area contributed by atoms with E-state index < -0.39 is 0 Å². The fraction of sp³-hybridized carbons (Fsp3) is 0.400. The van der Waals surface area contributed by atoms with Gasteiger partial charge >= 0.3 is 0 Å². The molecule has 0 bridgehead atoms. The van der Waals surface area contributed by atoms with Gasteiger partial charge in [0.25, 0.3) is 0 Å². The van der Waals surface area contributed by atoms with Crippen LogP contribution in [0.2, 0.25) is 0 Å². The van der Waals surface area contributed by atoms with Gasteiger partial charge in [0.05, 0.1) is 26.0 Å². The summed E-state index contributed by atoms with van der Waals surface area (Å²) in [5.41, 5.74) is 4.34. The first-order valence-electron chi connectivity index (χ1n) is 10.9. The molecule has 3 aromatic rings. The Morgan fingerprint density at radius 2 is 2.06 bits per heavy atom. The molecule has 1 aromatic heterocycles. The van der Waals surface area contributed by atoms with Crippen molar-refractivity contribution in [1.29, 1.82) is 0 Å². The number of halogens is 1. The van der Waals surface area contributed by atoms with E-state index in [1.165, 1.54) is 23.3 Å². The summed E-state index contributed by atoms with van der Waals surface area (Å²) in [6.45, 7) is 5.63. The molecule has 0 radical (unpaired) electrons. The molecule has 0 aliphatic carbocycles. The molecule has 0 saturated carbocycles. The summed E-state index contributed by atoms with van der Waals surface area (Å²) < 4.78 is 32.5. The van der Waals surface area contributed by atoms with Crippen LogP contribution in [-0.4, -0.2) is 48.1 Å². The lowest BCUT2D eigenvalue weighted by Gasteiger charge is -2.32. The van der Waals surface area contributed by atoms with Crippen LogP contribution < -0.4 is 9.47 Å². The van der Waals surface area contributed by atoms with Gasteiger partial charge in [0.2, 0.25) is 0 Å². The summed E-state index contributed by atoms with van der Waals surface area (Å²) in [6.07, 6.45) is 0.598. The Labute approximate surface area is 188 Å². The largest absolute Gasteiger partial charge is 0.496 e. The third-order valence-corrected chi connectivity index (χ3v) is 5.74. The lowest BCUT2D eigenvalue weighted by molar-refractivity contribution is -0.0353. The molecule has 1 saturated heterocycles. The third kappa shape index (κ3) is 5.47. The lowest BCUT2D eigenvalue weighted by atomic mass is 10.1. The van der Waals surface area contributed by atoms with E-state index in [1.807, 2.05) is 11.7 Å². The Kier molecular flexibility index (Phi) is 7.07.